The highest BCUT2D eigenvalue weighted by atomic mass is 19.4. The summed E-state index contributed by atoms with van der Waals surface area (Å²) in [6.07, 6.45) is -4.40. The van der Waals surface area contributed by atoms with Crippen molar-refractivity contribution in [3.63, 3.8) is 0 Å². The monoisotopic (exact) mass is 306 g/mol. The van der Waals surface area contributed by atoms with Crippen LogP contribution in [0.4, 0.5) is 23.7 Å². The lowest BCUT2D eigenvalue weighted by Crippen LogP contribution is -2.38. The third-order valence-corrected chi connectivity index (χ3v) is 2.48. The molecule has 0 bridgehead atoms. The van der Waals surface area contributed by atoms with Crippen LogP contribution in [-0.2, 0) is 0 Å². The average molecular weight is 306 g/mol. The van der Waals surface area contributed by atoms with Gasteiger partial charge in [0, 0.05) is 5.69 Å². The van der Waals surface area contributed by atoms with Crippen LogP contribution >= 0.6 is 0 Å². The Morgan fingerprint density at radius 2 is 2.10 bits per heavy atom. The average Bonchev–Trinajstić information content (AvgIpc) is 2.36. The number of hydrogen-bond acceptors (Lipinski definition) is 3. The molecule has 1 aromatic carbocycles. The topological polar surface area (TPSA) is 70.6 Å². The normalized spacial score (nSPS) is 12.7. The summed E-state index contributed by atoms with van der Waals surface area (Å²) in [5.74, 6) is 0.0991. The Balaban J connectivity index is 2.63. The van der Waals surface area contributed by atoms with E-state index in [-0.39, 0.29) is 12.4 Å². The molecule has 0 saturated heterocycles. The maximum absolute atomic E-state index is 12.1. The molecule has 1 aromatic rings. The second-order valence-electron chi connectivity index (χ2n) is 4.57. The van der Waals surface area contributed by atoms with Gasteiger partial charge in [-0.2, -0.15) is 13.2 Å². The number of halogens is 3. The Labute approximate surface area is 120 Å². The lowest BCUT2D eigenvalue weighted by molar-refractivity contribution is -0.153. The predicted octanol–water partition coefficient (Wildman–Crippen LogP) is 2.44. The first-order valence-electron chi connectivity index (χ1n) is 6.20. The highest BCUT2D eigenvalue weighted by Crippen LogP contribution is 2.24. The third kappa shape index (κ3) is 6.35. The zero-order valence-electron chi connectivity index (χ0n) is 11.6. The quantitative estimate of drug-likeness (QED) is 0.782. The number of carbonyl (C=O) groups is 1. The van der Waals surface area contributed by atoms with Crippen molar-refractivity contribution in [2.45, 2.75) is 26.1 Å². The molecule has 1 rings (SSSR count). The van der Waals surface area contributed by atoms with Gasteiger partial charge in [-0.05, 0) is 37.6 Å². The number of carbonyl (C=O) groups excluding carboxylic acids is 1. The number of amides is 2. The van der Waals surface area contributed by atoms with Crippen LogP contribution in [0.1, 0.15) is 12.5 Å². The second kappa shape index (κ2) is 7.16. The number of aryl methyl sites for hydroxylation is 1. The third-order valence-electron chi connectivity index (χ3n) is 2.48. The summed E-state index contributed by atoms with van der Waals surface area (Å²) < 4.78 is 40.9. The van der Waals surface area contributed by atoms with Gasteiger partial charge in [0.1, 0.15) is 5.75 Å². The number of benzene rings is 1. The van der Waals surface area contributed by atoms with Crippen LogP contribution < -0.4 is 15.4 Å². The SMILES string of the molecule is Cc1cc(NC(=O)N[C@H](C)CO)ccc1OCC(F)(F)F. The zero-order chi connectivity index (χ0) is 16.0. The van der Waals surface area contributed by atoms with Gasteiger partial charge in [0.15, 0.2) is 6.61 Å². The van der Waals surface area contributed by atoms with Crippen LogP contribution in [0.15, 0.2) is 18.2 Å². The van der Waals surface area contributed by atoms with Crippen LogP contribution in [0.5, 0.6) is 5.75 Å². The van der Waals surface area contributed by atoms with Crippen molar-refractivity contribution in [3.8, 4) is 5.75 Å². The first-order chi connectivity index (χ1) is 9.71. The van der Waals surface area contributed by atoms with Crippen molar-refractivity contribution in [2.24, 2.45) is 0 Å². The van der Waals surface area contributed by atoms with Gasteiger partial charge in [-0.25, -0.2) is 4.79 Å². The van der Waals surface area contributed by atoms with Crippen LogP contribution in [0, 0.1) is 6.92 Å². The van der Waals surface area contributed by atoms with Gasteiger partial charge in [0.2, 0.25) is 0 Å². The molecule has 0 aliphatic carbocycles. The zero-order valence-corrected chi connectivity index (χ0v) is 11.6. The van der Waals surface area contributed by atoms with E-state index in [0.717, 1.165) is 0 Å². The van der Waals surface area contributed by atoms with Gasteiger partial charge in [-0.15, -0.1) is 0 Å². The lowest BCUT2D eigenvalue weighted by atomic mass is 10.2. The highest BCUT2D eigenvalue weighted by Gasteiger charge is 2.28. The first-order valence-corrected chi connectivity index (χ1v) is 6.20. The fraction of sp³-hybridized carbons (Fsp3) is 0.462. The van der Waals surface area contributed by atoms with Crippen LogP contribution in [0.25, 0.3) is 0 Å². The molecule has 0 aromatic heterocycles. The maximum atomic E-state index is 12.1. The summed E-state index contributed by atoms with van der Waals surface area (Å²) >= 11 is 0. The van der Waals surface area contributed by atoms with E-state index in [1.807, 2.05) is 0 Å². The second-order valence-corrected chi connectivity index (χ2v) is 4.57. The summed E-state index contributed by atoms with van der Waals surface area (Å²) in [6, 6.07) is 3.36. The Hall–Kier alpha value is -1.96. The van der Waals surface area contributed by atoms with Crippen molar-refractivity contribution >= 4 is 11.7 Å². The Kier molecular flexibility index (Phi) is 5.83. The molecule has 0 saturated carbocycles. The fourth-order valence-corrected chi connectivity index (χ4v) is 1.49. The molecule has 0 fully saturated rings. The van der Waals surface area contributed by atoms with E-state index in [4.69, 9.17) is 5.11 Å². The van der Waals surface area contributed by atoms with E-state index in [0.29, 0.717) is 11.3 Å². The molecule has 21 heavy (non-hydrogen) atoms. The van der Waals surface area contributed by atoms with Crippen LogP contribution in [-0.4, -0.2) is 36.6 Å². The molecule has 3 N–H and O–H groups in total. The summed E-state index contributed by atoms with van der Waals surface area (Å²) in [7, 11) is 0. The number of anilines is 1. The maximum Gasteiger partial charge on any atom is 0.422 e. The summed E-state index contributed by atoms with van der Waals surface area (Å²) in [5, 5.41) is 13.8. The molecule has 5 nitrogen and oxygen atoms in total. The number of aliphatic hydroxyl groups is 1. The number of hydrogen-bond donors (Lipinski definition) is 3. The number of rotatable bonds is 5. The van der Waals surface area contributed by atoms with E-state index >= 15 is 0 Å². The van der Waals surface area contributed by atoms with Gasteiger partial charge in [-0.1, -0.05) is 0 Å². The Morgan fingerprint density at radius 1 is 1.43 bits per heavy atom. The molecule has 0 heterocycles. The van der Waals surface area contributed by atoms with Gasteiger partial charge >= 0.3 is 12.2 Å². The van der Waals surface area contributed by atoms with Crippen molar-refractivity contribution in [2.75, 3.05) is 18.5 Å². The number of ether oxygens (including phenoxy) is 1. The summed E-state index contributed by atoms with van der Waals surface area (Å²) in [4.78, 5) is 11.5. The largest absolute Gasteiger partial charge is 0.484 e. The summed E-state index contributed by atoms with van der Waals surface area (Å²) in [6.45, 7) is 1.63. The van der Waals surface area contributed by atoms with Crippen molar-refractivity contribution in [1.29, 1.82) is 0 Å². The molecule has 2 amide bonds. The molecule has 118 valence electrons. The molecular weight excluding hydrogens is 289 g/mol. The predicted molar refractivity (Wildman–Crippen MR) is 71.4 cm³/mol. The molecule has 0 spiro atoms. The molecule has 1 atom stereocenters. The van der Waals surface area contributed by atoms with E-state index in [1.54, 1.807) is 13.8 Å². The van der Waals surface area contributed by atoms with E-state index in [9.17, 15) is 18.0 Å². The minimum absolute atomic E-state index is 0.0991. The van der Waals surface area contributed by atoms with Crippen LogP contribution in [0.2, 0.25) is 0 Å². The lowest BCUT2D eigenvalue weighted by Gasteiger charge is -2.14. The van der Waals surface area contributed by atoms with Crippen molar-refractivity contribution < 1.29 is 27.8 Å². The van der Waals surface area contributed by atoms with Gasteiger partial charge in [0.25, 0.3) is 0 Å². The standard InChI is InChI=1S/C13H17F3N2O3/c1-8-5-10(18-12(20)17-9(2)6-19)3-4-11(8)21-7-13(14,15)16/h3-5,9,19H,6-7H2,1-2H3,(H2,17,18,20)/t9-/m1/s1. The van der Waals surface area contributed by atoms with Crippen molar-refractivity contribution in [1.82, 2.24) is 5.32 Å². The smallest absolute Gasteiger partial charge is 0.422 e. The van der Waals surface area contributed by atoms with Gasteiger partial charge in [0.05, 0.1) is 12.6 Å². The number of nitrogens with one attached hydrogen (secondary N) is 2. The highest BCUT2D eigenvalue weighted by molar-refractivity contribution is 5.89. The minimum Gasteiger partial charge on any atom is -0.484 e. The molecular formula is C13H17F3N2O3. The van der Waals surface area contributed by atoms with Crippen molar-refractivity contribution in [3.05, 3.63) is 23.8 Å². The van der Waals surface area contributed by atoms with E-state index in [1.165, 1.54) is 18.2 Å². The number of urea groups is 1. The van der Waals surface area contributed by atoms with Gasteiger partial charge in [-0.3, -0.25) is 0 Å². The van der Waals surface area contributed by atoms with Crippen LogP contribution in [0.3, 0.4) is 0 Å². The van der Waals surface area contributed by atoms with Gasteiger partial charge < -0.3 is 20.5 Å². The molecule has 0 unspecified atom stereocenters. The Bertz CT molecular complexity index is 492. The molecule has 0 aliphatic heterocycles. The molecule has 0 radical (unpaired) electrons. The Morgan fingerprint density at radius 3 is 2.62 bits per heavy atom. The van der Waals surface area contributed by atoms with E-state index < -0.39 is 24.9 Å². The molecule has 0 aliphatic rings. The summed E-state index contributed by atoms with van der Waals surface area (Å²) in [5.41, 5.74) is 0.877. The first kappa shape index (κ1) is 17.1. The number of alkyl halides is 3. The number of aliphatic hydroxyl groups excluding tert-OH is 1. The minimum atomic E-state index is -4.40. The fourth-order valence-electron chi connectivity index (χ4n) is 1.49. The molecule has 8 heteroatoms. The van der Waals surface area contributed by atoms with E-state index in [2.05, 4.69) is 15.4 Å².